The van der Waals surface area contributed by atoms with Crippen molar-refractivity contribution in [2.45, 2.75) is 12.5 Å². The largest absolute Gasteiger partial charge is 0.327 e. The number of hydrogen-bond acceptors (Lipinski definition) is 4. The number of hydrogen-bond donors (Lipinski definition) is 2. The van der Waals surface area contributed by atoms with E-state index in [1.807, 2.05) is 6.26 Å². The van der Waals surface area contributed by atoms with E-state index in [0.29, 0.717) is 6.42 Å². The molecular weight excluding hydrogens is 209 g/mol. The van der Waals surface area contributed by atoms with Crippen LogP contribution in [0.1, 0.15) is 6.42 Å². The van der Waals surface area contributed by atoms with Gasteiger partial charge in [-0.3, -0.25) is 4.55 Å². The summed E-state index contributed by atoms with van der Waals surface area (Å²) in [5.41, 5.74) is 5.39. The molecule has 4 nitrogen and oxygen atoms in total. The van der Waals surface area contributed by atoms with Crippen molar-refractivity contribution in [1.82, 2.24) is 0 Å². The minimum absolute atomic E-state index is 0. The molecule has 0 unspecified atom stereocenters. The zero-order chi connectivity index (χ0) is 8.91. The number of rotatable bonds is 5. The van der Waals surface area contributed by atoms with Crippen molar-refractivity contribution in [3.8, 4) is 0 Å². The second kappa shape index (κ2) is 7.61. The summed E-state index contributed by atoms with van der Waals surface area (Å²) in [6.45, 7) is 0. The van der Waals surface area contributed by atoms with Gasteiger partial charge in [-0.2, -0.15) is 20.2 Å². The van der Waals surface area contributed by atoms with Crippen LogP contribution in [0.15, 0.2) is 0 Å². The van der Waals surface area contributed by atoms with Gasteiger partial charge in [0.1, 0.15) is 0 Å². The van der Waals surface area contributed by atoms with Crippen LogP contribution in [-0.4, -0.2) is 66.3 Å². The standard InChI is InChI=1S/C5H13NO3S2.Na/c1-10-3-2-5(6)4-11(7,8)9;/h5H,2-4,6H2,1H3,(H,7,8,9);/t5-;/m0./s1. The van der Waals surface area contributed by atoms with Crippen LogP contribution in [0.4, 0.5) is 0 Å². The summed E-state index contributed by atoms with van der Waals surface area (Å²) in [5.74, 6) is 0.476. The number of thioether (sulfide) groups is 1. The molecule has 0 saturated carbocycles. The van der Waals surface area contributed by atoms with E-state index < -0.39 is 16.2 Å². The Hall–Kier alpha value is 1.22. The maximum atomic E-state index is 10.3. The molecule has 0 aliphatic heterocycles. The van der Waals surface area contributed by atoms with E-state index in [0.717, 1.165) is 5.75 Å². The van der Waals surface area contributed by atoms with Crippen LogP contribution < -0.4 is 5.73 Å². The molecule has 7 heteroatoms. The molecule has 12 heavy (non-hydrogen) atoms. The van der Waals surface area contributed by atoms with E-state index >= 15 is 0 Å². The van der Waals surface area contributed by atoms with Crippen molar-refractivity contribution in [1.29, 1.82) is 0 Å². The molecule has 0 bridgehead atoms. The van der Waals surface area contributed by atoms with Gasteiger partial charge >= 0.3 is 0 Å². The predicted octanol–water partition coefficient (Wildman–Crippen LogP) is -0.426. The third-order valence-corrected chi connectivity index (χ3v) is 2.61. The summed E-state index contributed by atoms with van der Waals surface area (Å²) >= 11 is 1.60. The fourth-order valence-electron chi connectivity index (χ4n) is 0.623. The molecule has 0 amide bonds. The zero-order valence-corrected chi connectivity index (χ0v) is 11.0. The molecule has 0 heterocycles. The van der Waals surface area contributed by atoms with Crippen LogP contribution >= 0.6 is 11.8 Å². The molecule has 0 aromatic rings. The van der Waals surface area contributed by atoms with Crippen molar-refractivity contribution < 1.29 is 13.0 Å². The molecule has 0 fully saturated rings. The molecule has 1 atom stereocenters. The van der Waals surface area contributed by atoms with Crippen LogP contribution in [0.25, 0.3) is 0 Å². The molecule has 69 valence electrons. The van der Waals surface area contributed by atoms with E-state index in [2.05, 4.69) is 0 Å². The third kappa shape index (κ3) is 11.2. The Morgan fingerprint density at radius 2 is 2.08 bits per heavy atom. The molecule has 0 saturated heterocycles. The van der Waals surface area contributed by atoms with Crippen molar-refractivity contribution in [3.63, 3.8) is 0 Å². The van der Waals surface area contributed by atoms with E-state index in [9.17, 15) is 8.42 Å². The quantitative estimate of drug-likeness (QED) is 0.487. The normalized spacial score (nSPS) is 13.6. The molecule has 0 aliphatic rings. The molecule has 0 spiro atoms. The third-order valence-electron chi connectivity index (χ3n) is 1.12. The van der Waals surface area contributed by atoms with E-state index in [4.69, 9.17) is 10.3 Å². The van der Waals surface area contributed by atoms with Gasteiger partial charge in [-0.1, -0.05) is 0 Å². The smallest absolute Gasteiger partial charge is 0.266 e. The number of nitrogens with two attached hydrogens (primary N) is 1. The van der Waals surface area contributed by atoms with Crippen LogP contribution in [0.5, 0.6) is 0 Å². The minimum atomic E-state index is -3.89. The zero-order valence-electron chi connectivity index (χ0n) is 7.36. The molecule has 0 aromatic carbocycles. The fourth-order valence-corrected chi connectivity index (χ4v) is 1.87. The average molecular weight is 222 g/mol. The van der Waals surface area contributed by atoms with Gasteiger partial charge in [0.15, 0.2) is 0 Å². The average Bonchev–Trinajstić information content (AvgIpc) is 1.79. The van der Waals surface area contributed by atoms with Crippen LogP contribution in [-0.2, 0) is 10.1 Å². The van der Waals surface area contributed by atoms with Gasteiger partial charge < -0.3 is 5.73 Å². The first kappa shape index (κ1) is 15.7. The summed E-state index contributed by atoms with van der Waals surface area (Å²) in [6, 6.07) is -0.447. The van der Waals surface area contributed by atoms with Gasteiger partial charge in [-0.25, -0.2) is 0 Å². The molecule has 0 aliphatic carbocycles. The van der Waals surface area contributed by atoms with Crippen LogP contribution in [0.3, 0.4) is 0 Å². The summed E-state index contributed by atoms with van der Waals surface area (Å²) in [5, 5.41) is 0. The second-order valence-electron chi connectivity index (χ2n) is 2.29. The van der Waals surface area contributed by atoms with Crippen molar-refractivity contribution >= 4 is 51.4 Å². The summed E-state index contributed by atoms with van der Waals surface area (Å²) in [4.78, 5) is 0. The van der Waals surface area contributed by atoms with Crippen molar-refractivity contribution in [2.75, 3.05) is 17.8 Å². The maximum Gasteiger partial charge on any atom is 0.266 e. The Kier molecular flexibility index (Phi) is 9.94. The first-order chi connectivity index (χ1) is 4.95. The van der Waals surface area contributed by atoms with Gasteiger partial charge in [0.2, 0.25) is 0 Å². The van der Waals surface area contributed by atoms with Crippen molar-refractivity contribution in [3.05, 3.63) is 0 Å². The Balaban J connectivity index is 0. The first-order valence-corrected chi connectivity index (χ1v) is 6.15. The van der Waals surface area contributed by atoms with Gasteiger partial charge in [0, 0.05) is 35.6 Å². The van der Waals surface area contributed by atoms with Gasteiger partial charge in [-0.15, -0.1) is 0 Å². The topological polar surface area (TPSA) is 80.4 Å². The minimum Gasteiger partial charge on any atom is -0.327 e. The first-order valence-electron chi connectivity index (χ1n) is 3.15. The molecule has 0 aromatic heterocycles. The summed E-state index contributed by atoms with van der Waals surface area (Å²) < 4.78 is 28.9. The van der Waals surface area contributed by atoms with E-state index in [1.54, 1.807) is 11.8 Å². The Morgan fingerprint density at radius 1 is 1.58 bits per heavy atom. The van der Waals surface area contributed by atoms with Gasteiger partial charge in [0.05, 0.1) is 5.75 Å². The van der Waals surface area contributed by atoms with Gasteiger partial charge in [0.25, 0.3) is 10.1 Å². The molecule has 3 N–H and O–H groups in total. The van der Waals surface area contributed by atoms with Gasteiger partial charge in [-0.05, 0) is 18.4 Å². The molecule has 1 radical (unpaired) electrons. The maximum absolute atomic E-state index is 10.3. The van der Waals surface area contributed by atoms with E-state index in [1.165, 1.54) is 0 Å². The molecule has 0 rings (SSSR count). The summed E-state index contributed by atoms with van der Waals surface area (Å²) in [6.07, 6.45) is 2.53. The predicted molar refractivity (Wildman–Crippen MR) is 53.1 cm³/mol. The Bertz CT molecular complexity index is 195. The fraction of sp³-hybridized carbons (Fsp3) is 1.00. The van der Waals surface area contributed by atoms with E-state index in [-0.39, 0.29) is 35.3 Å². The Morgan fingerprint density at radius 3 is 2.42 bits per heavy atom. The Labute approximate surface area is 99.7 Å². The van der Waals surface area contributed by atoms with Crippen LogP contribution in [0.2, 0.25) is 0 Å². The monoisotopic (exact) mass is 222 g/mol. The second-order valence-corrected chi connectivity index (χ2v) is 4.77. The van der Waals surface area contributed by atoms with Crippen molar-refractivity contribution in [2.24, 2.45) is 5.73 Å². The molecular formula is C5H13NNaO3S2. The van der Waals surface area contributed by atoms with Crippen LogP contribution in [0, 0.1) is 0 Å². The SMILES string of the molecule is CSCC[C@H](N)CS(=O)(=O)O.[Na]. The summed E-state index contributed by atoms with van der Waals surface area (Å²) in [7, 11) is -3.89.